The van der Waals surface area contributed by atoms with Crippen LogP contribution in [0.1, 0.15) is 129 Å². The van der Waals surface area contributed by atoms with E-state index in [0.29, 0.717) is 13.2 Å². The molecule has 0 saturated carbocycles. The van der Waals surface area contributed by atoms with Crippen molar-refractivity contribution in [1.29, 1.82) is 0 Å². The Morgan fingerprint density at radius 3 is 1.53 bits per heavy atom. The van der Waals surface area contributed by atoms with Crippen molar-refractivity contribution in [1.82, 2.24) is 0 Å². The van der Waals surface area contributed by atoms with E-state index in [9.17, 15) is 0 Å². The molecule has 0 heterocycles. The van der Waals surface area contributed by atoms with Gasteiger partial charge in [-0.05, 0) is 0 Å². The predicted octanol–water partition coefficient (Wildman–Crippen LogP) is 10.8. The molecule has 3 nitrogen and oxygen atoms in total. The number of rotatable bonds is 24. The van der Waals surface area contributed by atoms with E-state index in [-0.39, 0.29) is 0 Å². The van der Waals surface area contributed by atoms with Gasteiger partial charge in [0.05, 0.1) is 0 Å². The van der Waals surface area contributed by atoms with Gasteiger partial charge in [0.1, 0.15) is 0 Å². The van der Waals surface area contributed by atoms with Gasteiger partial charge in [0.15, 0.2) is 0 Å². The van der Waals surface area contributed by atoms with Crippen LogP contribution < -0.4 is 9.83 Å². The van der Waals surface area contributed by atoms with Gasteiger partial charge in [-0.1, -0.05) is 0 Å². The number of hydrogen-bond donors (Lipinski definition) is 0. The van der Waals surface area contributed by atoms with E-state index in [2.05, 4.69) is 45.0 Å². The van der Waals surface area contributed by atoms with Crippen LogP contribution in [0.3, 0.4) is 0 Å². The predicted molar refractivity (Wildman–Crippen MR) is 168 cm³/mol. The summed E-state index contributed by atoms with van der Waals surface area (Å²) >= 11 is 0. The molecule has 0 radical (unpaired) electrons. The summed E-state index contributed by atoms with van der Waals surface area (Å²) in [5, 5.41) is 1.16. The number of hydrogen-bond acceptors (Lipinski definition) is 3. The first-order valence-corrected chi connectivity index (χ1v) is 17.6. The molecule has 0 aliphatic carbocycles. The van der Waals surface area contributed by atoms with Crippen LogP contribution >= 0.6 is 7.94 Å². The van der Waals surface area contributed by atoms with Crippen LogP contribution in [0, 0.1) is 0 Å². The van der Waals surface area contributed by atoms with Gasteiger partial charge >= 0.3 is 236 Å². The van der Waals surface area contributed by atoms with Crippen molar-refractivity contribution in [2.24, 2.45) is 0 Å². The van der Waals surface area contributed by atoms with Crippen LogP contribution in [0.4, 0.5) is 0 Å². The second-order valence-electron chi connectivity index (χ2n) is 10.7. The summed E-state index contributed by atoms with van der Waals surface area (Å²) in [7, 11) is -3.17. The minimum absolute atomic E-state index is 0.686. The van der Waals surface area contributed by atoms with Gasteiger partial charge in [0.25, 0.3) is 0 Å². The Morgan fingerprint density at radius 1 is 0.500 bits per heavy atom. The first kappa shape index (κ1) is 32.8. The van der Waals surface area contributed by atoms with Gasteiger partial charge in [0.2, 0.25) is 0 Å². The van der Waals surface area contributed by atoms with Gasteiger partial charge in [0, 0.05) is 0 Å². The number of unbranched alkanes of at least 4 members (excludes halogenated alkanes) is 13. The molecule has 0 spiro atoms. The SMILES string of the molecule is CCCCCCCCCO[PH](OCCCCCCCCC)(Oc1ccccc1)c1ccccc1CCCC. The van der Waals surface area contributed by atoms with Crippen LogP contribution in [-0.4, -0.2) is 13.2 Å². The summed E-state index contributed by atoms with van der Waals surface area (Å²) in [6, 6.07) is 18.9. The Hall–Kier alpha value is -1.41. The number of aryl methyl sites for hydroxylation is 1. The molecule has 2 aromatic rings. The quantitative estimate of drug-likeness (QED) is 0.0971. The molecule has 0 atom stereocenters. The fourth-order valence-corrected chi connectivity index (χ4v) is 7.69. The second kappa shape index (κ2) is 21.4. The topological polar surface area (TPSA) is 27.7 Å². The van der Waals surface area contributed by atoms with Crippen LogP contribution in [-0.2, 0) is 15.5 Å². The monoisotopic (exact) mass is 544 g/mol. The third kappa shape index (κ3) is 13.1. The molecule has 216 valence electrons. The van der Waals surface area contributed by atoms with E-state index in [1.54, 1.807) is 0 Å². The molecule has 2 aromatic carbocycles. The van der Waals surface area contributed by atoms with E-state index >= 15 is 0 Å². The average Bonchev–Trinajstić information content (AvgIpc) is 2.95. The Kier molecular flexibility index (Phi) is 18.5. The average molecular weight is 545 g/mol. The Morgan fingerprint density at radius 2 is 0.974 bits per heavy atom. The zero-order valence-electron chi connectivity index (χ0n) is 24.9. The first-order chi connectivity index (χ1) is 18.8. The van der Waals surface area contributed by atoms with Crippen molar-refractivity contribution in [2.45, 2.75) is 130 Å². The second-order valence-corrected chi connectivity index (χ2v) is 13.1. The molecule has 0 aliphatic heterocycles. The van der Waals surface area contributed by atoms with Crippen molar-refractivity contribution in [3.05, 3.63) is 60.2 Å². The minimum atomic E-state index is -3.17. The van der Waals surface area contributed by atoms with Crippen LogP contribution in [0.5, 0.6) is 5.75 Å². The van der Waals surface area contributed by atoms with Crippen molar-refractivity contribution < 1.29 is 13.6 Å². The molecule has 0 aromatic heterocycles. The summed E-state index contributed by atoms with van der Waals surface area (Å²) in [5.74, 6) is 0.837. The molecule has 38 heavy (non-hydrogen) atoms. The van der Waals surface area contributed by atoms with Gasteiger partial charge in [-0.25, -0.2) is 0 Å². The maximum atomic E-state index is 6.82. The molecule has 0 bridgehead atoms. The van der Waals surface area contributed by atoms with Crippen molar-refractivity contribution in [2.75, 3.05) is 13.2 Å². The molecule has 0 amide bonds. The molecule has 4 heteroatoms. The van der Waals surface area contributed by atoms with E-state index in [0.717, 1.165) is 36.7 Å². The Bertz CT molecular complexity index is 790. The maximum absolute atomic E-state index is 6.82. The van der Waals surface area contributed by atoms with E-state index in [4.69, 9.17) is 13.6 Å². The summed E-state index contributed by atoms with van der Waals surface area (Å²) in [5.41, 5.74) is 1.32. The zero-order chi connectivity index (χ0) is 27.2. The molecule has 0 unspecified atom stereocenters. The van der Waals surface area contributed by atoms with Crippen molar-refractivity contribution in [3.63, 3.8) is 0 Å². The van der Waals surface area contributed by atoms with Gasteiger partial charge in [-0.15, -0.1) is 0 Å². The third-order valence-electron chi connectivity index (χ3n) is 7.22. The third-order valence-corrected chi connectivity index (χ3v) is 10.0. The van der Waals surface area contributed by atoms with Gasteiger partial charge < -0.3 is 0 Å². The van der Waals surface area contributed by atoms with Crippen molar-refractivity contribution >= 4 is 13.2 Å². The van der Waals surface area contributed by atoms with Gasteiger partial charge in [-0.3, -0.25) is 0 Å². The molecular weight excluding hydrogens is 487 g/mol. The van der Waals surface area contributed by atoms with E-state index < -0.39 is 7.94 Å². The molecular formula is C34H57O3P. The zero-order valence-corrected chi connectivity index (χ0v) is 25.9. The molecule has 0 saturated heterocycles. The normalized spacial score (nSPS) is 12.1. The molecule has 0 fully saturated rings. The molecule has 2 rings (SSSR count). The number of benzene rings is 2. The Labute approximate surface area is 235 Å². The fraction of sp³-hybridized carbons (Fsp3) is 0.647. The van der Waals surface area contributed by atoms with Gasteiger partial charge in [-0.2, -0.15) is 0 Å². The fourth-order valence-electron chi connectivity index (χ4n) is 4.89. The standard InChI is InChI=1S/C34H57O3P/c1-4-7-10-12-14-16-23-30-35-38(37-33-27-19-18-20-28-33,36-31-24-17-15-13-11-8-5-2)34-29-22-21-26-32(34)25-9-6-3/h18-22,26-29,38H,4-17,23-25,30-31H2,1-3H3. The number of para-hydroxylation sites is 1. The van der Waals surface area contributed by atoms with E-state index in [1.165, 1.54) is 89.0 Å². The summed E-state index contributed by atoms with van der Waals surface area (Å²) in [6.45, 7) is 8.17. The Balaban J connectivity index is 2.16. The first-order valence-electron chi connectivity index (χ1n) is 15.9. The molecule has 0 aliphatic rings. The van der Waals surface area contributed by atoms with Crippen LogP contribution in [0.2, 0.25) is 0 Å². The van der Waals surface area contributed by atoms with Crippen LogP contribution in [0.15, 0.2) is 54.6 Å². The van der Waals surface area contributed by atoms with E-state index in [1.807, 2.05) is 30.3 Å². The summed E-state index contributed by atoms with van der Waals surface area (Å²) in [6.07, 6.45) is 21.0. The molecule has 0 N–H and O–H groups in total. The van der Waals surface area contributed by atoms with Crippen molar-refractivity contribution in [3.8, 4) is 5.75 Å². The van der Waals surface area contributed by atoms with Crippen LogP contribution in [0.25, 0.3) is 0 Å². The summed E-state index contributed by atoms with van der Waals surface area (Å²) < 4.78 is 20.5. The summed E-state index contributed by atoms with van der Waals surface area (Å²) in [4.78, 5) is 0.